The molecule has 0 heterocycles. The summed E-state index contributed by atoms with van der Waals surface area (Å²) in [6, 6.07) is 9.71. The number of hydrogen-bond donors (Lipinski definition) is 1. The number of benzene rings is 1. The smallest absolute Gasteiger partial charge is 0.183 e. The van der Waals surface area contributed by atoms with Gasteiger partial charge < -0.3 is 0 Å². The van der Waals surface area contributed by atoms with E-state index in [1.165, 1.54) is 11.8 Å². The quantitative estimate of drug-likeness (QED) is 0.383. The van der Waals surface area contributed by atoms with E-state index in [0.717, 1.165) is 11.3 Å². The third kappa shape index (κ3) is 3.51. The average molecular weight is 258 g/mol. The molecule has 1 N–H and O–H groups in total. The van der Waals surface area contributed by atoms with Crippen LogP contribution in [0.2, 0.25) is 0 Å². The summed E-state index contributed by atoms with van der Waals surface area (Å²) in [7, 11) is 0. The first-order chi connectivity index (χ1) is 8.53. The summed E-state index contributed by atoms with van der Waals surface area (Å²) in [5.41, 5.74) is 1.08. The van der Waals surface area contributed by atoms with Crippen molar-refractivity contribution in [2.24, 2.45) is 4.99 Å². The van der Waals surface area contributed by atoms with Crippen LogP contribution in [0.15, 0.2) is 29.3 Å². The average Bonchev–Trinajstić information content (AvgIpc) is 2.38. The number of nitrogens with one attached hydrogen (secondary N) is 1. The molecule has 0 saturated carbocycles. The third-order valence-corrected chi connectivity index (χ3v) is 3.01. The molecule has 0 radical (unpaired) electrons. The van der Waals surface area contributed by atoms with Gasteiger partial charge in [-0.3, -0.25) is 5.32 Å². The molecule has 0 fully saturated rings. The molecule has 1 aromatic carbocycles. The molecule has 0 saturated heterocycles. The van der Waals surface area contributed by atoms with E-state index in [2.05, 4.69) is 16.4 Å². The van der Waals surface area contributed by atoms with Crippen LogP contribution >= 0.6 is 11.8 Å². The largest absolute Gasteiger partial charge is 0.271 e. The van der Waals surface area contributed by atoms with Gasteiger partial charge in [-0.1, -0.05) is 23.9 Å². The first-order valence-electron chi connectivity index (χ1n) is 5.33. The Bertz CT molecular complexity index is 535. The number of nitriles is 2. The second-order valence-corrected chi connectivity index (χ2v) is 4.94. The van der Waals surface area contributed by atoms with Crippen molar-refractivity contribution in [2.45, 2.75) is 19.3 Å². The Balaban J connectivity index is 3.11. The lowest BCUT2D eigenvalue weighted by Gasteiger charge is -2.15. The Labute approximate surface area is 111 Å². The Morgan fingerprint density at radius 2 is 2.11 bits per heavy atom. The van der Waals surface area contributed by atoms with E-state index >= 15 is 0 Å². The predicted octanol–water partition coefficient (Wildman–Crippen LogP) is 2.91. The van der Waals surface area contributed by atoms with Gasteiger partial charge in [-0.05, 0) is 37.8 Å². The van der Waals surface area contributed by atoms with E-state index in [4.69, 9.17) is 10.5 Å². The fourth-order valence-electron chi connectivity index (χ4n) is 1.32. The molecule has 4 nitrogen and oxygen atoms in total. The molecule has 0 atom stereocenters. The van der Waals surface area contributed by atoms with E-state index in [-0.39, 0.29) is 0 Å². The van der Waals surface area contributed by atoms with E-state index in [1.807, 2.05) is 50.6 Å². The van der Waals surface area contributed by atoms with E-state index < -0.39 is 5.41 Å². The van der Waals surface area contributed by atoms with Gasteiger partial charge in [0, 0.05) is 0 Å². The lowest BCUT2D eigenvalue weighted by Crippen LogP contribution is -2.14. The molecular formula is C13H14N4S. The maximum atomic E-state index is 9.11. The molecule has 5 heteroatoms. The highest BCUT2D eigenvalue weighted by Crippen LogP contribution is 2.26. The van der Waals surface area contributed by atoms with Gasteiger partial charge in [0.05, 0.1) is 17.2 Å². The lowest BCUT2D eigenvalue weighted by molar-refractivity contribution is 0.687. The van der Waals surface area contributed by atoms with Crippen LogP contribution in [0.1, 0.15) is 19.4 Å². The van der Waals surface area contributed by atoms with Crippen LogP contribution in [0.5, 0.6) is 0 Å². The molecule has 0 unspecified atom stereocenters. The minimum atomic E-state index is -0.548. The van der Waals surface area contributed by atoms with Crippen molar-refractivity contribution < 1.29 is 0 Å². The summed E-state index contributed by atoms with van der Waals surface area (Å²) in [5.74, 6) is 0. The molecule has 0 spiro atoms. The van der Waals surface area contributed by atoms with Crippen LogP contribution in [0.25, 0.3) is 0 Å². The summed E-state index contributed by atoms with van der Waals surface area (Å²) < 4.78 is 0. The number of aliphatic imine (C=N–C) groups is 1. The zero-order valence-electron chi connectivity index (χ0n) is 10.6. The van der Waals surface area contributed by atoms with Gasteiger partial charge in [0.15, 0.2) is 11.4 Å². The molecule has 92 valence electrons. The fraction of sp³-hybridized carbons (Fsp3) is 0.308. The highest BCUT2D eigenvalue weighted by molar-refractivity contribution is 8.13. The minimum absolute atomic E-state index is 0.532. The summed E-state index contributed by atoms with van der Waals surface area (Å²) in [4.78, 5) is 4.31. The normalized spacial score (nSPS) is 11.5. The third-order valence-electron chi connectivity index (χ3n) is 2.43. The monoisotopic (exact) mass is 258 g/mol. The standard InChI is InChI=1S/C13H14N4S/c1-13(2,8-14)10-5-4-6-11(7-10)17-12(18-3)16-9-15/h4-7H,1-3H3,(H,16,17). The lowest BCUT2D eigenvalue weighted by atomic mass is 9.86. The predicted molar refractivity (Wildman–Crippen MR) is 74.4 cm³/mol. The molecule has 0 aromatic heterocycles. The maximum absolute atomic E-state index is 9.11. The van der Waals surface area contributed by atoms with Crippen LogP contribution in [0, 0.1) is 22.8 Å². The van der Waals surface area contributed by atoms with Crippen molar-refractivity contribution in [1.29, 1.82) is 10.5 Å². The van der Waals surface area contributed by atoms with Crippen molar-refractivity contribution in [1.82, 2.24) is 5.32 Å². The van der Waals surface area contributed by atoms with Crippen LogP contribution in [0.3, 0.4) is 0 Å². The Kier molecular flexibility index (Phi) is 4.76. The van der Waals surface area contributed by atoms with Gasteiger partial charge in [-0.25, -0.2) is 4.99 Å². The Morgan fingerprint density at radius 1 is 1.39 bits per heavy atom. The zero-order valence-corrected chi connectivity index (χ0v) is 11.4. The van der Waals surface area contributed by atoms with Crippen LogP contribution in [-0.2, 0) is 5.41 Å². The molecule has 0 aliphatic heterocycles. The molecule has 0 aliphatic rings. The van der Waals surface area contributed by atoms with Crippen LogP contribution < -0.4 is 5.32 Å². The minimum Gasteiger partial charge on any atom is -0.271 e. The molecule has 1 aromatic rings. The summed E-state index contributed by atoms with van der Waals surface area (Å²) in [6.45, 7) is 3.72. The highest BCUT2D eigenvalue weighted by Gasteiger charge is 2.19. The van der Waals surface area contributed by atoms with Gasteiger partial charge in [-0.15, -0.1) is 0 Å². The van der Waals surface area contributed by atoms with Gasteiger partial charge in [0.25, 0.3) is 0 Å². The number of rotatable bonds is 2. The van der Waals surface area contributed by atoms with Gasteiger partial charge >= 0.3 is 0 Å². The topological polar surface area (TPSA) is 72.0 Å². The molecular weight excluding hydrogens is 244 g/mol. The summed E-state index contributed by atoms with van der Waals surface area (Å²) in [5, 5.41) is 20.7. The second kappa shape index (κ2) is 6.09. The summed E-state index contributed by atoms with van der Waals surface area (Å²) in [6.07, 6.45) is 3.68. The fourth-order valence-corrected chi connectivity index (χ4v) is 1.66. The number of amidine groups is 1. The zero-order chi connectivity index (χ0) is 13.6. The SMILES string of the molecule is CSC(=Nc1cccc(C(C)(C)C#N)c1)NC#N. The second-order valence-electron chi connectivity index (χ2n) is 4.15. The first kappa shape index (κ1) is 14.1. The molecule has 0 aliphatic carbocycles. The van der Waals surface area contributed by atoms with Gasteiger partial charge in [0.2, 0.25) is 0 Å². The molecule has 18 heavy (non-hydrogen) atoms. The molecule has 0 amide bonds. The van der Waals surface area contributed by atoms with Crippen molar-refractivity contribution >= 4 is 22.6 Å². The Morgan fingerprint density at radius 3 is 2.67 bits per heavy atom. The highest BCUT2D eigenvalue weighted by atomic mass is 32.2. The summed E-state index contributed by atoms with van der Waals surface area (Å²) >= 11 is 1.36. The van der Waals surface area contributed by atoms with Crippen molar-refractivity contribution in [3.8, 4) is 12.3 Å². The number of nitrogens with zero attached hydrogens (tertiary/aromatic N) is 3. The van der Waals surface area contributed by atoms with Crippen LogP contribution in [-0.4, -0.2) is 11.4 Å². The van der Waals surface area contributed by atoms with Gasteiger partial charge in [0.1, 0.15) is 0 Å². The van der Waals surface area contributed by atoms with E-state index in [0.29, 0.717) is 5.17 Å². The van der Waals surface area contributed by atoms with Crippen molar-refractivity contribution in [2.75, 3.05) is 6.26 Å². The van der Waals surface area contributed by atoms with Gasteiger partial charge in [-0.2, -0.15) is 10.5 Å². The van der Waals surface area contributed by atoms with Crippen LogP contribution in [0.4, 0.5) is 5.69 Å². The van der Waals surface area contributed by atoms with Crippen molar-refractivity contribution in [3.63, 3.8) is 0 Å². The van der Waals surface area contributed by atoms with Crippen molar-refractivity contribution in [3.05, 3.63) is 29.8 Å². The van der Waals surface area contributed by atoms with E-state index in [9.17, 15) is 0 Å². The molecule has 1 rings (SSSR count). The number of thioether (sulfide) groups is 1. The molecule has 0 bridgehead atoms. The van der Waals surface area contributed by atoms with E-state index in [1.54, 1.807) is 0 Å². The number of hydrogen-bond acceptors (Lipinski definition) is 4. The Hall–Kier alpha value is -1.98. The maximum Gasteiger partial charge on any atom is 0.183 e. The first-order valence-corrected chi connectivity index (χ1v) is 6.55.